The van der Waals surface area contributed by atoms with Crippen molar-refractivity contribution in [1.29, 1.82) is 0 Å². The van der Waals surface area contributed by atoms with E-state index in [1.165, 1.54) is 12.8 Å². The lowest BCUT2D eigenvalue weighted by molar-refractivity contribution is -0.121. The first-order chi connectivity index (χ1) is 12.2. The number of unbranched alkanes of at least 4 members (excludes halogenated alkanes) is 1. The van der Waals surface area contributed by atoms with Gasteiger partial charge in [-0.3, -0.25) is 9.59 Å². The van der Waals surface area contributed by atoms with Gasteiger partial charge in [0, 0.05) is 25.1 Å². The fourth-order valence-electron chi connectivity index (χ4n) is 3.05. The number of carbonyl (C=O) groups excluding carboxylic acids is 2. The Hall–Kier alpha value is -1.59. The van der Waals surface area contributed by atoms with E-state index >= 15 is 0 Å². The Kier molecular flexibility index (Phi) is 11.0. The third-order valence-corrected chi connectivity index (χ3v) is 4.76. The Balaban J connectivity index is 0.00000338. The van der Waals surface area contributed by atoms with Gasteiger partial charge in [-0.25, -0.2) is 0 Å². The van der Waals surface area contributed by atoms with Gasteiger partial charge in [0.1, 0.15) is 0 Å². The van der Waals surface area contributed by atoms with E-state index in [0.717, 1.165) is 37.9 Å². The highest BCUT2D eigenvalue weighted by atomic mass is 35.5. The zero-order chi connectivity index (χ0) is 17.9. The first kappa shape index (κ1) is 22.5. The van der Waals surface area contributed by atoms with Gasteiger partial charge in [-0.15, -0.1) is 12.4 Å². The summed E-state index contributed by atoms with van der Waals surface area (Å²) in [6.45, 7) is 5.48. The molecule has 1 fully saturated rings. The molecule has 26 heavy (non-hydrogen) atoms. The van der Waals surface area contributed by atoms with Crippen LogP contribution >= 0.6 is 12.4 Å². The maximum Gasteiger partial charge on any atom is 0.251 e. The summed E-state index contributed by atoms with van der Waals surface area (Å²) in [5.74, 6) is 0.753. The zero-order valence-corrected chi connectivity index (χ0v) is 16.5. The molecule has 1 aliphatic heterocycles. The molecule has 0 spiro atoms. The normalized spacial score (nSPS) is 14.3. The lowest BCUT2D eigenvalue weighted by Gasteiger charge is -2.22. The van der Waals surface area contributed by atoms with Crippen LogP contribution in [0.4, 0.5) is 0 Å². The van der Waals surface area contributed by atoms with Gasteiger partial charge >= 0.3 is 0 Å². The number of piperidine rings is 1. The summed E-state index contributed by atoms with van der Waals surface area (Å²) in [4.78, 5) is 23.9. The Labute approximate surface area is 163 Å². The molecule has 1 saturated heterocycles. The Bertz CT molecular complexity index is 542. The molecule has 1 heterocycles. The second kappa shape index (κ2) is 12.7. The third-order valence-electron chi connectivity index (χ3n) is 4.76. The molecule has 2 rings (SSSR count). The van der Waals surface area contributed by atoms with Gasteiger partial charge in [-0.1, -0.05) is 25.5 Å². The highest BCUT2D eigenvalue weighted by Gasteiger charge is 2.14. The quantitative estimate of drug-likeness (QED) is 0.576. The molecule has 146 valence electrons. The van der Waals surface area contributed by atoms with Gasteiger partial charge in [-0.2, -0.15) is 0 Å². The molecule has 0 unspecified atom stereocenters. The van der Waals surface area contributed by atoms with Crippen LogP contribution in [0.15, 0.2) is 24.3 Å². The second-order valence-electron chi connectivity index (χ2n) is 6.82. The monoisotopic (exact) mass is 381 g/mol. The first-order valence-corrected chi connectivity index (χ1v) is 9.53. The Morgan fingerprint density at radius 3 is 2.46 bits per heavy atom. The number of nitrogens with one attached hydrogen (secondary N) is 3. The number of halogens is 1. The van der Waals surface area contributed by atoms with Crippen molar-refractivity contribution in [3.8, 4) is 0 Å². The molecule has 1 aliphatic rings. The van der Waals surface area contributed by atoms with Crippen molar-refractivity contribution in [3.63, 3.8) is 0 Å². The molecule has 2 amide bonds. The van der Waals surface area contributed by atoms with Gasteiger partial charge in [0.05, 0.1) is 0 Å². The fraction of sp³-hybridized carbons (Fsp3) is 0.600. The topological polar surface area (TPSA) is 70.2 Å². The van der Waals surface area contributed by atoms with Crippen LogP contribution in [0.3, 0.4) is 0 Å². The van der Waals surface area contributed by atoms with Crippen LogP contribution in [0.1, 0.15) is 61.4 Å². The van der Waals surface area contributed by atoms with Crippen LogP contribution in [-0.2, 0) is 11.3 Å². The summed E-state index contributed by atoms with van der Waals surface area (Å²) in [7, 11) is 0. The van der Waals surface area contributed by atoms with Gasteiger partial charge < -0.3 is 16.0 Å². The zero-order valence-electron chi connectivity index (χ0n) is 15.7. The van der Waals surface area contributed by atoms with Crippen LogP contribution in [0.5, 0.6) is 0 Å². The van der Waals surface area contributed by atoms with Crippen LogP contribution in [0.25, 0.3) is 0 Å². The smallest absolute Gasteiger partial charge is 0.251 e. The first-order valence-electron chi connectivity index (χ1n) is 9.53. The molecule has 0 aromatic heterocycles. The summed E-state index contributed by atoms with van der Waals surface area (Å²) in [5, 5.41) is 9.22. The summed E-state index contributed by atoms with van der Waals surface area (Å²) >= 11 is 0. The SMILES string of the molecule is CCCCNC(=O)c1ccc(CNC(=O)CCC2CCNCC2)cc1.Cl. The van der Waals surface area contributed by atoms with E-state index < -0.39 is 0 Å². The van der Waals surface area contributed by atoms with Crippen molar-refractivity contribution in [3.05, 3.63) is 35.4 Å². The summed E-state index contributed by atoms with van der Waals surface area (Å²) in [6, 6.07) is 7.44. The van der Waals surface area contributed by atoms with Crippen molar-refractivity contribution in [1.82, 2.24) is 16.0 Å². The van der Waals surface area contributed by atoms with E-state index in [2.05, 4.69) is 22.9 Å². The molecule has 0 saturated carbocycles. The minimum atomic E-state index is -0.0361. The average molecular weight is 382 g/mol. The van der Waals surface area contributed by atoms with Crippen molar-refractivity contribution in [2.45, 2.75) is 52.0 Å². The molecule has 0 atom stereocenters. The number of hydrogen-bond donors (Lipinski definition) is 3. The van der Waals surface area contributed by atoms with Crippen molar-refractivity contribution in [2.75, 3.05) is 19.6 Å². The van der Waals surface area contributed by atoms with E-state index in [4.69, 9.17) is 0 Å². The van der Waals surface area contributed by atoms with E-state index in [1.807, 2.05) is 24.3 Å². The highest BCUT2D eigenvalue weighted by Crippen LogP contribution is 2.17. The van der Waals surface area contributed by atoms with E-state index in [-0.39, 0.29) is 24.2 Å². The maximum absolute atomic E-state index is 12.0. The lowest BCUT2D eigenvalue weighted by Crippen LogP contribution is -2.29. The minimum absolute atomic E-state index is 0. The van der Waals surface area contributed by atoms with Crippen LogP contribution < -0.4 is 16.0 Å². The van der Waals surface area contributed by atoms with Crippen molar-refractivity contribution >= 4 is 24.2 Å². The third kappa shape index (κ3) is 8.19. The predicted molar refractivity (Wildman–Crippen MR) is 108 cm³/mol. The Morgan fingerprint density at radius 1 is 1.12 bits per heavy atom. The second-order valence-corrected chi connectivity index (χ2v) is 6.82. The molecule has 0 bridgehead atoms. The molecule has 5 nitrogen and oxygen atoms in total. The molecule has 0 aliphatic carbocycles. The molecule has 0 radical (unpaired) electrons. The summed E-state index contributed by atoms with van der Waals surface area (Å²) < 4.78 is 0. The van der Waals surface area contributed by atoms with Gasteiger partial charge in [0.15, 0.2) is 0 Å². The predicted octanol–water partition coefficient (Wildman–Crippen LogP) is 3.03. The van der Waals surface area contributed by atoms with Crippen molar-refractivity contribution < 1.29 is 9.59 Å². The highest BCUT2D eigenvalue weighted by molar-refractivity contribution is 5.94. The van der Waals surface area contributed by atoms with E-state index in [1.54, 1.807) is 0 Å². The number of amides is 2. The van der Waals surface area contributed by atoms with Crippen molar-refractivity contribution in [2.24, 2.45) is 5.92 Å². The molecule has 1 aromatic rings. The van der Waals surface area contributed by atoms with Crippen LogP contribution in [0, 0.1) is 5.92 Å². The summed E-state index contributed by atoms with van der Waals surface area (Å²) in [5.41, 5.74) is 1.68. The minimum Gasteiger partial charge on any atom is -0.352 e. The van der Waals surface area contributed by atoms with Crippen LogP contribution in [-0.4, -0.2) is 31.4 Å². The number of benzene rings is 1. The van der Waals surface area contributed by atoms with E-state index in [9.17, 15) is 9.59 Å². The van der Waals surface area contributed by atoms with Gasteiger partial charge in [0.2, 0.25) is 5.91 Å². The summed E-state index contributed by atoms with van der Waals surface area (Å²) in [6.07, 6.45) is 5.99. The van der Waals surface area contributed by atoms with Gasteiger partial charge in [-0.05, 0) is 62.4 Å². The van der Waals surface area contributed by atoms with Gasteiger partial charge in [0.25, 0.3) is 5.91 Å². The molecular weight excluding hydrogens is 350 g/mol. The number of rotatable bonds is 9. The number of hydrogen-bond acceptors (Lipinski definition) is 3. The van der Waals surface area contributed by atoms with Crippen LogP contribution in [0.2, 0.25) is 0 Å². The molecule has 6 heteroatoms. The molecule has 3 N–H and O–H groups in total. The van der Waals surface area contributed by atoms with E-state index in [0.29, 0.717) is 31.0 Å². The Morgan fingerprint density at radius 2 is 1.81 bits per heavy atom. The number of carbonyl (C=O) groups is 2. The average Bonchev–Trinajstić information content (AvgIpc) is 2.66. The lowest BCUT2D eigenvalue weighted by atomic mass is 9.93. The fourth-order valence-corrected chi connectivity index (χ4v) is 3.05. The standard InChI is InChI=1S/C20H31N3O2.ClH/c1-2-3-12-22-20(25)18-7-4-17(5-8-18)15-23-19(24)9-6-16-10-13-21-14-11-16;/h4-5,7-8,16,21H,2-3,6,9-15H2,1H3,(H,22,25)(H,23,24);1H. The molecule has 1 aromatic carbocycles. The maximum atomic E-state index is 12.0. The molecular formula is C20H32ClN3O2. The largest absolute Gasteiger partial charge is 0.352 e.